The fourth-order valence-corrected chi connectivity index (χ4v) is 2.89. The van der Waals surface area contributed by atoms with Crippen molar-refractivity contribution in [2.24, 2.45) is 0 Å². The maximum atomic E-state index is 12.2. The zero-order valence-corrected chi connectivity index (χ0v) is 15.5. The number of hydrogen-bond donors (Lipinski definition) is 0. The predicted molar refractivity (Wildman–Crippen MR) is 105 cm³/mol. The van der Waals surface area contributed by atoms with Gasteiger partial charge < -0.3 is 14.2 Å². The summed E-state index contributed by atoms with van der Waals surface area (Å²) in [5, 5.41) is 0. The molecule has 3 aromatic carbocycles. The van der Waals surface area contributed by atoms with Crippen molar-refractivity contribution in [3.8, 4) is 22.6 Å². The van der Waals surface area contributed by atoms with Gasteiger partial charge in [-0.1, -0.05) is 66.7 Å². The molecule has 0 unspecified atom stereocenters. The second kappa shape index (κ2) is 8.90. The first-order valence-corrected chi connectivity index (χ1v) is 8.71. The van der Waals surface area contributed by atoms with Crippen LogP contribution in [0.4, 0.5) is 0 Å². The standard InChI is InChI=1S/C23H22O4/c1-25-21-10-6-9-20(23(21)26-2)16-27-22(24)15-17-11-13-19(14-12-17)18-7-4-3-5-8-18/h3-14H,15-16H2,1-2H3. The van der Waals surface area contributed by atoms with Crippen molar-refractivity contribution >= 4 is 5.97 Å². The Morgan fingerprint density at radius 1 is 0.778 bits per heavy atom. The van der Waals surface area contributed by atoms with Crippen molar-refractivity contribution in [2.45, 2.75) is 13.0 Å². The van der Waals surface area contributed by atoms with E-state index in [-0.39, 0.29) is 19.0 Å². The highest BCUT2D eigenvalue weighted by atomic mass is 16.5. The lowest BCUT2D eigenvalue weighted by Gasteiger charge is -2.12. The molecule has 0 saturated heterocycles. The minimum atomic E-state index is -0.285. The smallest absolute Gasteiger partial charge is 0.310 e. The second-order valence-electron chi connectivity index (χ2n) is 6.05. The summed E-state index contributed by atoms with van der Waals surface area (Å²) in [5.74, 6) is 0.912. The van der Waals surface area contributed by atoms with Gasteiger partial charge in [-0.15, -0.1) is 0 Å². The van der Waals surface area contributed by atoms with E-state index in [2.05, 4.69) is 12.1 Å². The van der Waals surface area contributed by atoms with E-state index in [1.807, 2.05) is 54.6 Å². The fourth-order valence-electron chi connectivity index (χ4n) is 2.89. The molecule has 0 N–H and O–H groups in total. The summed E-state index contributed by atoms with van der Waals surface area (Å²) in [7, 11) is 3.14. The summed E-state index contributed by atoms with van der Waals surface area (Å²) in [6.07, 6.45) is 0.224. The molecule has 0 radical (unpaired) electrons. The van der Waals surface area contributed by atoms with Gasteiger partial charge in [-0.2, -0.15) is 0 Å². The highest BCUT2D eigenvalue weighted by molar-refractivity contribution is 5.73. The van der Waals surface area contributed by atoms with Crippen molar-refractivity contribution in [2.75, 3.05) is 14.2 Å². The molecule has 0 aromatic heterocycles. The first kappa shape index (κ1) is 18.5. The van der Waals surface area contributed by atoms with E-state index in [4.69, 9.17) is 14.2 Å². The van der Waals surface area contributed by atoms with E-state index < -0.39 is 0 Å². The number of benzene rings is 3. The third-order valence-electron chi connectivity index (χ3n) is 4.28. The minimum Gasteiger partial charge on any atom is -0.493 e. The Morgan fingerprint density at radius 2 is 1.48 bits per heavy atom. The summed E-state index contributed by atoms with van der Waals surface area (Å²) < 4.78 is 16.0. The number of para-hydroxylation sites is 1. The second-order valence-corrected chi connectivity index (χ2v) is 6.05. The normalized spacial score (nSPS) is 10.3. The molecule has 3 aromatic rings. The summed E-state index contributed by atoms with van der Waals surface area (Å²) in [6.45, 7) is 0.140. The van der Waals surface area contributed by atoms with Crippen molar-refractivity contribution in [1.29, 1.82) is 0 Å². The molecule has 0 bridgehead atoms. The molecule has 0 heterocycles. The van der Waals surface area contributed by atoms with Gasteiger partial charge in [0.1, 0.15) is 6.61 Å². The molecule has 27 heavy (non-hydrogen) atoms. The molecular formula is C23H22O4. The maximum Gasteiger partial charge on any atom is 0.310 e. The van der Waals surface area contributed by atoms with Gasteiger partial charge in [0.05, 0.1) is 20.6 Å². The highest BCUT2D eigenvalue weighted by Gasteiger charge is 2.12. The number of rotatable bonds is 7. The first-order valence-electron chi connectivity index (χ1n) is 8.71. The predicted octanol–water partition coefficient (Wildman–Crippen LogP) is 4.66. The molecule has 0 aliphatic heterocycles. The van der Waals surface area contributed by atoms with Crippen LogP contribution in [0.3, 0.4) is 0 Å². The van der Waals surface area contributed by atoms with Crippen molar-refractivity contribution in [3.63, 3.8) is 0 Å². The SMILES string of the molecule is COc1cccc(COC(=O)Cc2ccc(-c3ccccc3)cc2)c1OC. The van der Waals surface area contributed by atoms with Crippen LogP contribution in [0, 0.1) is 0 Å². The Bertz CT molecular complexity index is 886. The van der Waals surface area contributed by atoms with Crippen molar-refractivity contribution in [3.05, 3.63) is 83.9 Å². The molecule has 4 nitrogen and oxygen atoms in total. The van der Waals surface area contributed by atoms with E-state index in [1.165, 1.54) is 0 Å². The number of carbonyl (C=O) groups excluding carboxylic acids is 1. The van der Waals surface area contributed by atoms with Crippen LogP contribution in [0.25, 0.3) is 11.1 Å². The third kappa shape index (κ3) is 4.67. The summed E-state index contributed by atoms with van der Waals surface area (Å²) in [4.78, 5) is 12.2. The highest BCUT2D eigenvalue weighted by Crippen LogP contribution is 2.31. The largest absolute Gasteiger partial charge is 0.493 e. The van der Waals surface area contributed by atoms with Gasteiger partial charge in [-0.05, 0) is 22.8 Å². The van der Waals surface area contributed by atoms with Crippen LogP contribution in [-0.4, -0.2) is 20.2 Å². The van der Waals surface area contributed by atoms with Gasteiger partial charge in [0.2, 0.25) is 0 Å². The molecule has 138 valence electrons. The Balaban J connectivity index is 1.60. The number of esters is 1. The minimum absolute atomic E-state index is 0.140. The van der Waals surface area contributed by atoms with Gasteiger partial charge in [0.25, 0.3) is 0 Å². The molecule has 3 rings (SSSR count). The molecule has 0 amide bonds. The Hall–Kier alpha value is -3.27. The molecule has 0 fully saturated rings. The van der Waals surface area contributed by atoms with E-state index >= 15 is 0 Å². The lowest BCUT2D eigenvalue weighted by atomic mass is 10.0. The Labute approximate surface area is 159 Å². The lowest BCUT2D eigenvalue weighted by molar-refractivity contribution is -0.144. The summed E-state index contributed by atoms with van der Waals surface area (Å²) >= 11 is 0. The van der Waals surface area contributed by atoms with E-state index in [1.54, 1.807) is 20.3 Å². The Kier molecular flexibility index (Phi) is 6.10. The molecule has 0 atom stereocenters. The zero-order chi connectivity index (χ0) is 19.1. The van der Waals surface area contributed by atoms with Crippen LogP contribution in [0.15, 0.2) is 72.8 Å². The first-order chi connectivity index (χ1) is 13.2. The molecule has 0 aliphatic carbocycles. The van der Waals surface area contributed by atoms with Gasteiger partial charge in [-0.25, -0.2) is 0 Å². The summed E-state index contributed by atoms with van der Waals surface area (Å²) in [6, 6.07) is 23.6. The van der Waals surface area contributed by atoms with Crippen LogP contribution < -0.4 is 9.47 Å². The number of hydrogen-bond acceptors (Lipinski definition) is 4. The third-order valence-corrected chi connectivity index (χ3v) is 4.28. The average molecular weight is 362 g/mol. The molecule has 0 saturated carbocycles. The zero-order valence-electron chi connectivity index (χ0n) is 15.5. The van der Waals surface area contributed by atoms with E-state index in [0.29, 0.717) is 11.5 Å². The van der Waals surface area contributed by atoms with Crippen LogP contribution in [0.1, 0.15) is 11.1 Å². The Morgan fingerprint density at radius 3 is 2.15 bits per heavy atom. The molecular weight excluding hydrogens is 340 g/mol. The lowest BCUT2D eigenvalue weighted by Crippen LogP contribution is -2.09. The van der Waals surface area contributed by atoms with Crippen LogP contribution in [0.5, 0.6) is 11.5 Å². The quantitative estimate of drug-likeness (QED) is 0.574. The average Bonchev–Trinajstić information content (AvgIpc) is 2.73. The maximum absolute atomic E-state index is 12.2. The molecule has 0 spiro atoms. The summed E-state index contributed by atoms with van der Waals surface area (Å²) in [5.41, 5.74) is 3.95. The van der Waals surface area contributed by atoms with Crippen molar-refractivity contribution in [1.82, 2.24) is 0 Å². The van der Waals surface area contributed by atoms with Gasteiger partial charge in [-0.3, -0.25) is 4.79 Å². The van der Waals surface area contributed by atoms with Crippen LogP contribution in [-0.2, 0) is 22.6 Å². The van der Waals surface area contributed by atoms with Gasteiger partial charge in [0.15, 0.2) is 11.5 Å². The topological polar surface area (TPSA) is 44.8 Å². The monoisotopic (exact) mass is 362 g/mol. The van der Waals surface area contributed by atoms with Crippen LogP contribution in [0.2, 0.25) is 0 Å². The number of methoxy groups -OCH3 is 2. The van der Waals surface area contributed by atoms with Crippen molar-refractivity contribution < 1.29 is 19.0 Å². The molecule has 4 heteroatoms. The fraction of sp³-hybridized carbons (Fsp3) is 0.174. The van der Waals surface area contributed by atoms with E-state index in [9.17, 15) is 4.79 Å². The van der Waals surface area contributed by atoms with Crippen LogP contribution >= 0.6 is 0 Å². The van der Waals surface area contributed by atoms with E-state index in [0.717, 1.165) is 22.3 Å². The molecule has 0 aliphatic rings. The van der Waals surface area contributed by atoms with Gasteiger partial charge >= 0.3 is 5.97 Å². The number of ether oxygens (including phenoxy) is 3. The van der Waals surface area contributed by atoms with Gasteiger partial charge in [0, 0.05) is 5.56 Å². The number of carbonyl (C=O) groups is 1.